The maximum absolute atomic E-state index is 9.96. The molecule has 0 saturated heterocycles. The molecule has 0 fully saturated rings. The number of para-hydroxylation sites is 2. The van der Waals surface area contributed by atoms with Gasteiger partial charge in [-0.05, 0) is 104 Å². The van der Waals surface area contributed by atoms with Crippen molar-refractivity contribution in [3.05, 3.63) is 230 Å². The van der Waals surface area contributed by atoms with Crippen molar-refractivity contribution in [3.8, 4) is 55.9 Å². The summed E-state index contributed by atoms with van der Waals surface area (Å²) < 4.78 is 69.2. The summed E-state index contributed by atoms with van der Waals surface area (Å²) in [6.45, 7) is 0. The lowest BCUT2D eigenvalue weighted by Crippen LogP contribution is -1.95. The number of rotatable bonds is 6. The van der Waals surface area contributed by atoms with Crippen LogP contribution in [0.5, 0.6) is 0 Å². The lowest BCUT2D eigenvalue weighted by Gasteiger charge is -2.13. The maximum Gasteiger partial charge on any atom is 0.0645 e. The van der Waals surface area contributed by atoms with Crippen LogP contribution in [0.3, 0.4) is 0 Å². The molecule has 0 aliphatic heterocycles. The second kappa shape index (κ2) is 13.9. The van der Waals surface area contributed by atoms with Gasteiger partial charge in [-0.2, -0.15) is 0 Å². The Balaban J connectivity index is 1.09. The van der Waals surface area contributed by atoms with Crippen LogP contribution in [0.25, 0.3) is 110 Å². The van der Waals surface area contributed by atoms with Gasteiger partial charge in [-0.1, -0.05) is 176 Å². The van der Waals surface area contributed by atoms with Crippen molar-refractivity contribution in [2.75, 3.05) is 0 Å². The molecule has 2 heterocycles. The van der Waals surface area contributed by atoms with E-state index < -0.39 is 12.1 Å². The minimum absolute atomic E-state index is 0.0817. The Morgan fingerprint density at radius 1 is 0.317 bits per heavy atom. The predicted molar refractivity (Wildman–Crippen MR) is 254 cm³/mol. The van der Waals surface area contributed by atoms with Crippen molar-refractivity contribution in [3.63, 3.8) is 0 Å². The van der Waals surface area contributed by atoms with Crippen LogP contribution in [0.2, 0.25) is 0 Å². The van der Waals surface area contributed by atoms with Gasteiger partial charge in [-0.25, -0.2) is 0 Å². The van der Waals surface area contributed by atoms with Gasteiger partial charge in [0.1, 0.15) is 0 Å². The van der Waals surface area contributed by atoms with E-state index in [4.69, 9.17) is 2.74 Å². The molecule has 2 heteroatoms. The Hall–Kier alpha value is -7.94. The second-order valence-corrected chi connectivity index (χ2v) is 15.2. The molecule has 0 spiro atoms. The molecule has 0 aliphatic carbocycles. The van der Waals surface area contributed by atoms with Gasteiger partial charge in [0.25, 0.3) is 0 Å². The molecular weight excluding hydrogens is 725 g/mol. The molecule has 0 amide bonds. The van der Waals surface area contributed by atoms with Crippen molar-refractivity contribution in [1.82, 2.24) is 9.13 Å². The molecule has 0 radical (unpaired) electrons. The van der Waals surface area contributed by atoms with Gasteiger partial charge in [0.2, 0.25) is 0 Å². The van der Waals surface area contributed by atoms with E-state index in [-0.39, 0.29) is 57.6 Å². The largest absolute Gasteiger partial charge is 0.309 e. The third kappa shape index (κ3) is 5.50. The fourth-order valence-electron chi connectivity index (χ4n) is 8.96. The second-order valence-electron chi connectivity index (χ2n) is 15.2. The van der Waals surface area contributed by atoms with Crippen molar-refractivity contribution >= 4 is 54.4 Å². The minimum Gasteiger partial charge on any atom is -0.309 e. The molecule has 280 valence electrons. The first-order valence-electron chi connectivity index (χ1n) is 23.6. The van der Waals surface area contributed by atoms with E-state index in [1.54, 1.807) is 4.57 Å². The number of fused-ring (bicyclic) bond motifs is 7. The highest BCUT2D eigenvalue weighted by Crippen LogP contribution is 2.41. The van der Waals surface area contributed by atoms with E-state index in [9.17, 15) is 6.85 Å². The van der Waals surface area contributed by atoms with E-state index in [1.807, 2.05) is 97.1 Å². The van der Waals surface area contributed by atoms with Crippen molar-refractivity contribution in [1.29, 1.82) is 0 Å². The van der Waals surface area contributed by atoms with E-state index in [0.29, 0.717) is 11.3 Å². The summed E-state index contributed by atoms with van der Waals surface area (Å²) in [7, 11) is 0. The van der Waals surface area contributed by atoms with E-state index in [1.165, 1.54) is 0 Å². The predicted octanol–water partition coefficient (Wildman–Crippen LogP) is 15.7. The highest BCUT2D eigenvalue weighted by atomic mass is 15.0. The van der Waals surface area contributed by atoms with Crippen molar-refractivity contribution < 1.29 is 9.60 Å². The number of aromatic nitrogens is 2. The van der Waals surface area contributed by atoms with Crippen LogP contribution in [0, 0.1) is 0 Å². The van der Waals surface area contributed by atoms with Gasteiger partial charge in [0.15, 0.2) is 0 Å². The van der Waals surface area contributed by atoms with Gasteiger partial charge in [-0.15, -0.1) is 0 Å². The molecule has 60 heavy (non-hydrogen) atoms. The van der Waals surface area contributed by atoms with Crippen LogP contribution in [0.1, 0.15) is 9.60 Å². The smallest absolute Gasteiger partial charge is 0.0645 e. The average molecular weight is 770 g/mol. The monoisotopic (exact) mass is 769 g/mol. The van der Waals surface area contributed by atoms with Gasteiger partial charge in [-0.3, -0.25) is 0 Å². The summed E-state index contributed by atoms with van der Waals surface area (Å²) in [6.07, 6.45) is 0. The summed E-state index contributed by atoms with van der Waals surface area (Å²) >= 11 is 0. The minimum atomic E-state index is -0.425. The number of hydrogen-bond donors (Lipinski definition) is 0. The van der Waals surface area contributed by atoms with E-state index >= 15 is 0 Å². The molecule has 10 aromatic carbocycles. The zero-order valence-electron chi connectivity index (χ0n) is 39.3. The van der Waals surface area contributed by atoms with Crippen LogP contribution in [-0.2, 0) is 0 Å². The van der Waals surface area contributed by atoms with E-state index in [2.05, 4.69) is 95.6 Å². The quantitative estimate of drug-likeness (QED) is 0.159. The summed E-state index contributed by atoms with van der Waals surface area (Å²) in [5.74, 6) is 0. The summed E-state index contributed by atoms with van der Waals surface area (Å²) in [4.78, 5) is 0. The lowest BCUT2D eigenvalue weighted by molar-refractivity contribution is 1.18. The van der Waals surface area contributed by atoms with Crippen LogP contribution in [0.4, 0.5) is 0 Å². The molecule has 0 saturated carbocycles. The molecule has 0 atom stereocenters. The molecule has 0 N–H and O–H groups in total. The van der Waals surface area contributed by atoms with Crippen LogP contribution in [0.15, 0.2) is 230 Å². The number of hydrogen-bond acceptors (Lipinski definition) is 0. The van der Waals surface area contributed by atoms with Crippen LogP contribution in [-0.4, -0.2) is 9.13 Å². The van der Waals surface area contributed by atoms with Gasteiger partial charge in [0, 0.05) is 38.5 Å². The topological polar surface area (TPSA) is 9.86 Å². The Labute approximate surface area is 358 Å². The van der Waals surface area contributed by atoms with Gasteiger partial charge < -0.3 is 9.13 Å². The molecule has 12 aromatic rings. The molecule has 12 rings (SSSR count). The first kappa shape index (κ1) is 27.7. The third-order valence-corrected chi connectivity index (χ3v) is 11.8. The molecule has 0 unspecified atom stereocenters. The highest BCUT2D eigenvalue weighted by molar-refractivity contribution is 6.15. The fourth-order valence-corrected chi connectivity index (χ4v) is 8.96. The average Bonchev–Trinajstić information content (AvgIpc) is 3.92. The van der Waals surface area contributed by atoms with Crippen LogP contribution < -0.4 is 0 Å². The third-order valence-electron chi connectivity index (χ3n) is 11.8. The Morgan fingerprint density at radius 3 is 1.72 bits per heavy atom. The summed E-state index contributed by atoms with van der Waals surface area (Å²) in [5, 5.41) is 4.43. The Kier molecular flexibility index (Phi) is 6.39. The SMILES string of the molecule is [2H]c1c([2H])c([2H])c2c(c1[2H])c1c([2H])c(-c3ccc4c(c3)c3cccc(-c5ccccc5)c3n4-c3ccc(-c4ccccc4)cc3)c([2H])c([2H])c1n2-c1ccc(-c2cccc3ccccc23)cc1. The summed E-state index contributed by atoms with van der Waals surface area (Å²) in [6, 6.07) is 61.5. The van der Waals surface area contributed by atoms with E-state index in [0.717, 1.165) is 71.6 Å². The first-order valence-corrected chi connectivity index (χ1v) is 20.1. The molecule has 0 aliphatic rings. The zero-order chi connectivity index (χ0) is 45.7. The van der Waals surface area contributed by atoms with Gasteiger partial charge in [0.05, 0.1) is 31.7 Å². The first-order chi connectivity index (χ1) is 32.7. The fraction of sp³-hybridized carbons (Fsp3) is 0. The van der Waals surface area contributed by atoms with Crippen LogP contribution >= 0.6 is 0 Å². The lowest BCUT2D eigenvalue weighted by atomic mass is 9.98. The zero-order valence-corrected chi connectivity index (χ0v) is 32.3. The number of benzene rings is 10. The highest BCUT2D eigenvalue weighted by Gasteiger charge is 2.19. The Morgan fingerprint density at radius 2 is 0.900 bits per heavy atom. The Bertz CT molecular complexity index is 3960. The van der Waals surface area contributed by atoms with Crippen molar-refractivity contribution in [2.24, 2.45) is 0 Å². The molecule has 2 nitrogen and oxygen atoms in total. The summed E-state index contributed by atoms with van der Waals surface area (Å²) in [5.41, 5.74) is 10.9. The maximum atomic E-state index is 9.96. The molecular formula is C58H38N2. The molecule has 2 aromatic heterocycles. The van der Waals surface area contributed by atoms with Gasteiger partial charge >= 0.3 is 0 Å². The normalized spacial score (nSPS) is 13.3. The van der Waals surface area contributed by atoms with Crippen molar-refractivity contribution in [2.45, 2.75) is 0 Å². The standard InChI is InChI=1S/C58H38N2/c1-3-13-39(14-4-1)40-25-31-47(32-26-40)60-57-36-30-45(38-54(57)52-23-12-22-50(58(52)60)42-15-5-2-6-16-42)44-29-35-56-53(37-44)51-20-9-10-24-55(51)59(56)46-33-27-43(28-34-46)49-21-11-18-41-17-7-8-19-48(41)49/h1-38H/i9D,10D,20D,24D,29D,35D,37D. The molecule has 0 bridgehead atoms. The number of nitrogens with zero attached hydrogens (tertiary/aromatic N) is 2.